The van der Waals surface area contributed by atoms with Gasteiger partial charge in [-0.2, -0.15) is 15.3 Å². The van der Waals surface area contributed by atoms with Gasteiger partial charge in [0, 0.05) is 44.1 Å². The van der Waals surface area contributed by atoms with Gasteiger partial charge in [0.15, 0.2) is 0 Å². The van der Waals surface area contributed by atoms with Gasteiger partial charge in [-0.25, -0.2) is 14.0 Å². The van der Waals surface area contributed by atoms with Gasteiger partial charge in [0.1, 0.15) is 0 Å². The molecule has 0 N–H and O–H groups in total. The number of hydrogen-bond acceptors (Lipinski definition) is 3. The van der Waals surface area contributed by atoms with E-state index >= 15 is 0 Å². The Bertz CT molecular complexity index is 479. The van der Waals surface area contributed by atoms with Gasteiger partial charge in [0.2, 0.25) is 5.79 Å². The minimum Gasteiger partial charge on any atom is -0.225 e. The molecule has 0 radical (unpaired) electrons. The molecular formula is C11H12N6. The summed E-state index contributed by atoms with van der Waals surface area (Å²) in [6.45, 7) is 2.00. The zero-order valence-corrected chi connectivity index (χ0v) is 9.38. The van der Waals surface area contributed by atoms with Gasteiger partial charge in [-0.15, -0.1) is 0 Å². The van der Waals surface area contributed by atoms with Crippen LogP contribution in [0.5, 0.6) is 0 Å². The van der Waals surface area contributed by atoms with Crippen molar-refractivity contribution in [3.63, 3.8) is 0 Å². The zero-order valence-electron chi connectivity index (χ0n) is 9.38. The van der Waals surface area contributed by atoms with Crippen LogP contribution in [-0.2, 0) is 5.79 Å². The predicted molar refractivity (Wildman–Crippen MR) is 61.1 cm³/mol. The Morgan fingerprint density at radius 2 is 1.06 bits per heavy atom. The van der Waals surface area contributed by atoms with Gasteiger partial charge in [-0.05, 0) is 18.2 Å². The van der Waals surface area contributed by atoms with Crippen molar-refractivity contribution in [1.82, 2.24) is 29.3 Å². The van der Waals surface area contributed by atoms with E-state index in [1.54, 1.807) is 18.6 Å². The molecule has 0 amide bonds. The van der Waals surface area contributed by atoms with Crippen LogP contribution in [0.25, 0.3) is 0 Å². The minimum absolute atomic E-state index is 0.615. The quantitative estimate of drug-likeness (QED) is 0.672. The standard InChI is InChI=1S/C11H12N6/c1-11(15-8-2-5-12-15,16-9-3-6-13-16)17-10-4-7-14-17/h2-10H,1H3. The van der Waals surface area contributed by atoms with Crippen molar-refractivity contribution in [2.24, 2.45) is 0 Å². The van der Waals surface area contributed by atoms with Crippen molar-refractivity contribution in [3.8, 4) is 0 Å². The van der Waals surface area contributed by atoms with Crippen molar-refractivity contribution in [2.75, 3.05) is 0 Å². The van der Waals surface area contributed by atoms with E-state index in [0.717, 1.165) is 0 Å². The van der Waals surface area contributed by atoms with E-state index in [2.05, 4.69) is 15.3 Å². The lowest BCUT2D eigenvalue weighted by molar-refractivity contribution is 0.141. The average molecular weight is 228 g/mol. The Hall–Kier alpha value is -2.37. The highest BCUT2D eigenvalue weighted by Gasteiger charge is 2.32. The molecule has 0 spiro atoms. The van der Waals surface area contributed by atoms with Crippen LogP contribution in [0, 0.1) is 0 Å². The van der Waals surface area contributed by atoms with Crippen LogP contribution in [0.2, 0.25) is 0 Å². The molecule has 3 aromatic rings. The summed E-state index contributed by atoms with van der Waals surface area (Å²) in [6, 6.07) is 5.64. The van der Waals surface area contributed by atoms with Gasteiger partial charge in [-0.3, -0.25) is 0 Å². The summed E-state index contributed by atoms with van der Waals surface area (Å²) >= 11 is 0. The summed E-state index contributed by atoms with van der Waals surface area (Å²) in [7, 11) is 0. The van der Waals surface area contributed by atoms with E-state index in [0.29, 0.717) is 0 Å². The number of rotatable bonds is 3. The molecule has 17 heavy (non-hydrogen) atoms. The van der Waals surface area contributed by atoms with Crippen LogP contribution < -0.4 is 0 Å². The largest absolute Gasteiger partial charge is 0.245 e. The SMILES string of the molecule is CC(n1cccn1)(n1cccn1)n1cccn1. The minimum atomic E-state index is -0.615. The molecule has 6 heteroatoms. The van der Waals surface area contributed by atoms with E-state index in [9.17, 15) is 0 Å². The van der Waals surface area contributed by atoms with Gasteiger partial charge in [-0.1, -0.05) is 0 Å². The third-order valence-electron chi connectivity index (χ3n) is 2.82. The summed E-state index contributed by atoms with van der Waals surface area (Å²) in [5.41, 5.74) is 0. The molecule has 3 heterocycles. The van der Waals surface area contributed by atoms with Crippen molar-refractivity contribution in [2.45, 2.75) is 12.7 Å². The molecule has 0 aliphatic rings. The molecule has 0 aliphatic heterocycles. The van der Waals surface area contributed by atoms with Crippen LogP contribution in [0.15, 0.2) is 55.4 Å². The highest BCUT2D eigenvalue weighted by molar-refractivity contribution is 4.95. The van der Waals surface area contributed by atoms with Gasteiger partial charge >= 0.3 is 0 Å². The fourth-order valence-electron chi connectivity index (χ4n) is 1.87. The van der Waals surface area contributed by atoms with Crippen molar-refractivity contribution < 1.29 is 0 Å². The Balaban J connectivity index is 2.21. The molecule has 0 aromatic carbocycles. The van der Waals surface area contributed by atoms with Gasteiger partial charge in [0.05, 0.1) is 0 Å². The molecule has 0 unspecified atom stereocenters. The van der Waals surface area contributed by atoms with E-state index < -0.39 is 5.79 Å². The molecule has 6 nitrogen and oxygen atoms in total. The Morgan fingerprint density at radius 3 is 1.29 bits per heavy atom. The highest BCUT2D eigenvalue weighted by Crippen LogP contribution is 2.18. The molecule has 0 saturated heterocycles. The predicted octanol–water partition coefficient (Wildman–Crippen LogP) is 1.00. The first kappa shape index (κ1) is 9.83. The molecule has 0 saturated carbocycles. The van der Waals surface area contributed by atoms with Gasteiger partial charge < -0.3 is 0 Å². The van der Waals surface area contributed by atoms with Gasteiger partial charge in [0.25, 0.3) is 0 Å². The number of aromatic nitrogens is 6. The summed E-state index contributed by atoms with van der Waals surface area (Å²) in [4.78, 5) is 0. The molecule has 86 valence electrons. The van der Waals surface area contributed by atoms with Crippen LogP contribution in [0.3, 0.4) is 0 Å². The van der Waals surface area contributed by atoms with E-state index in [-0.39, 0.29) is 0 Å². The topological polar surface area (TPSA) is 53.5 Å². The first-order valence-corrected chi connectivity index (χ1v) is 5.32. The lowest BCUT2D eigenvalue weighted by Crippen LogP contribution is -2.46. The zero-order chi connectivity index (χ0) is 11.7. The molecule has 0 fully saturated rings. The molecular weight excluding hydrogens is 216 g/mol. The second-order valence-electron chi connectivity index (χ2n) is 3.82. The molecule has 0 bridgehead atoms. The molecule has 3 rings (SSSR count). The second-order valence-corrected chi connectivity index (χ2v) is 3.82. The maximum atomic E-state index is 4.30. The monoisotopic (exact) mass is 228 g/mol. The third-order valence-corrected chi connectivity index (χ3v) is 2.82. The normalized spacial score (nSPS) is 11.8. The van der Waals surface area contributed by atoms with Crippen LogP contribution in [0.1, 0.15) is 6.92 Å². The van der Waals surface area contributed by atoms with Crippen molar-refractivity contribution in [1.29, 1.82) is 0 Å². The highest BCUT2D eigenvalue weighted by atomic mass is 15.6. The second kappa shape index (κ2) is 3.58. The number of hydrogen-bond donors (Lipinski definition) is 0. The van der Waals surface area contributed by atoms with Crippen LogP contribution in [-0.4, -0.2) is 29.3 Å². The molecule has 0 aliphatic carbocycles. The maximum Gasteiger partial charge on any atom is 0.245 e. The lowest BCUT2D eigenvalue weighted by Gasteiger charge is -2.30. The average Bonchev–Trinajstić information content (AvgIpc) is 3.10. The lowest BCUT2D eigenvalue weighted by atomic mass is 10.4. The first-order valence-electron chi connectivity index (χ1n) is 5.32. The Kier molecular flexibility index (Phi) is 2.07. The van der Waals surface area contributed by atoms with Crippen molar-refractivity contribution >= 4 is 0 Å². The smallest absolute Gasteiger partial charge is 0.225 e. The molecule has 3 aromatic heterocycles. The fourth-order valence-corrected chi connectivity index (χ4v) is 1.87. The molecule has 0 atom stereocenters. The maximum absolute atomic E-state index is 4.30. The summed E-state index contributed by atoms with van der Waals surface area (Å²) in [6.07, 6.45) is 10.9. The summed E-state index contributed by atoms with van der Waals surface area (Å²) in [5, 5.41) is 12.9. The van der Waals surface area contributed by atoms with Crippen molar-refractivity contribution in [3.05, 3.63) is 55.4 Å². The van der Waals surface area contributed by atoms with E-state index in [1.165, 1.54) is 0 Å². The number of nitrogens with zero attached hydrogens (tertiary/aromatic N) is 6. The third kappa shape index (κ3) is 1.37. The fraction of sp³-hybridized carbons (Fsp3) is 0.182. The van der Waals surface area contributed by atoms with E-state index in [1.807, 2.05) is 57.8 Å². The summed E-state index contributed by atoms with van der Waals surface area (Å²) in [5.74, 6) is -0.615. The first-order chi connectivity index (χ1) is 8.32. The Morgan fingerprint density at radius 1 is 0.706 bits per heavy atom. The van der Waals surface area contributed by atoms with E-state index in [4.69, 9.17) is 0 Å². The Labute approximate surface area is 98.1 Å². The summed E-state index contributed by atoms with van der Waals surface area (Å²) < 4.78 is 5.44. The van der Waals surface area contributed by atoms with Crippen LogP contribution >= 0.6 is 0 Å². The van der Waals surface area contributed by atoms with Crippen LogP contribution in [0.4, 0.5) is 0 Å².